The maximum Gasteiger partial charge on any atom is 0.214 e. The maximum atomic E-state index is 13.1. The van der Waals surface area contributed by atoms with Gasteiger partial charge in [0.15, 0.2) is 0 Å². The molecule has 0 amide bonds. The second-order valence-electron chi connectivity index (χ2n) is 5.65. The van der Waals surface area contributed by atoms with Crippen LogP contribution in [0.3, 0.4) is 0 Å². The summed E-state index contributed by atoms with van der Waals surface area (Å²) in [6.07, 6.45) is 3.98. The fraction of sp³-hybridized carbons (Fsp3) is 0.105. The summed E-state index contributed by atoms with van der Waals surface area (Å²) in [5, 5.41) is 0. The van der Waals surface area contributed by atoms with E-state index in [0.717, 1.165) is 34.0 Å². The molecule has 4 aromatic rings. The summed E-state index contributed by atoms with van der Waals surface area (Å²) in [5.41, 5.74) is 3.81. The number of aromatic nitrogens is 3. The van der Waals surface area contributed by atoms with Gasteiger partial charge in [-0.15, -0.1) is 0 Å². The average molecular weight is 321 g/mol. The number of nitrogens with zero attached hydrogens (tertiary/aromatic N) is 3. The fourth-order valence-electron chi connectivity index (χ4n) is 2.86. The Morgan fingerprint density at radius 3 is 2.50 bits per heavy atom. The van der Waals surface area contributed by atoms with Crippen molar-refractivity contribution >= 4 is 5.78 Å². The molecule has 0 saturated carbocycles. The molecule has 0 aliphatic heterocycles. The fourth-order valence-corrected chi connectivity index (χ4v) is 2.86. The first kappa shape index (κ1) is 14.5. The van der Waals surface area contributed by atoms with Crippen LogP contribution in [0, 0.1) is 5.82 Å². The molecule has 0 N–H and O–H groups in total. The van der Waals surface area contributed by atoms with Gasteiger partial charge in [0, 0.05) is 30.6 Å². The van der Waals surface area contributed by atoms with Crippen LogP contribution in [0.1, 0.15) is 0 Å². The van der Waals surface area contributed by atoms with Crippen molar-refractivity contribution in [3.63, 3.8) is 0 Å². The third kappa shape index (κ3) is 2.34. The molecule has 4 rings (SSSR count). The number of hydrogen-bond donors (Lipinski definition) is 0. The third-order valence-corrected chi connectivity index (χ3v) is 4.14. The molecular formula is C19H16FN3O. The highest BCUT2D eigenvalue weighted by Crippen LogP contribution is 2.27. The second-order valence-corrected chi connectivity index (χ2v) is 5.65. The molecule has 2 aromatic heterocycles. The highest BCUT2D eigenvalue weighted by Gasteiger charge is 2.12. The summed E-state index contributed by atoms with van der Waals surface area (Å²) in [4.78, 5) is 4.67. The van der Waals surface area contributed by atoms with Gasteiger partial charge in [0.2, 0.25) is 5.78 Å². The zero-order chi connectivity index (χ0) is 16.7. The van der Waals surface area contributed by atoms with Crippen molar-refractivity contribution in [1.82, 2.24) is 14.0 Å². The van der Waals surface area contributed by atoms with Crippen LogP contribution in [0.5, 0.6) is 5.75 Å². The number of aryl methyl sites for hydroxylation is 1. The minimum atomic E-state index is -0.247. The average Bonchev–Trinajstić information content (AvgIpc) is 3.15. The van der Waals surface area contributed by atoms with E-state index in [1.165, 1.54) is 12.1 Å². The third-order valence-electron chi connectivity index (χ3n) is 4.14. The van der Waals surface area contributed by atoms with E-state index in [4.69, 9.17) is 4.74 Å². The molecule has 120 valence electrons. The summed E-state index contributed by atoms with van der Waals surface area (Å²) < 4.78 is 22.4. The van der Waals surface area contributed by atoms with Gasteiger partial charge in [-0.25, -0.2) is 9.37 Å². The molecule has 4 nitrogen and oxygen atoms in total. The molecule has 5 heteroatoms. The lowest BCUT2D eigenvalue weighted by Gasteiger charge is -2.05. The SMILES string of the molecule is COc1cccc(-c2cn3cc(-c4ccc(F)cc4)nc3n2C)c1. The van der Waals surface area contributed by atoms with Gasteiger partial charge in [-0.05, 0) is 36.4 Å². The van der Waals surface area contributed by atoms with E-state index in [1.54, 1.807) is 19.2 Å². The Morgan fingerprint density at radius 1 is 1.00 bits per heavy atom. The van der Waals surface area contributed by atoms with E-state index in [0.29, 0.717) is 0 Å². The Hall–Kier alpha value is -3.08. The van der Waals surface area contributed by atoms with Gasteiger partial charge < -0.3 is 9.30 Å². The van der Waals surface area contributed by atoms with E-state index in [1.807, 2.05) is 52.7 Å². The van der Waals surface area contributed by atoms with Gasteiger partial charge in [0.05, 0.1) is 18.5 Å². The lowest BCUT2D eigenvalue weighted by Crippen LogP contribution is -1.93. The summed E-state index contributed by atoms with van der Waals surface area (Å²) in [5.74, 6) is 1.40. The molecule has 24 heavy (non-hydrogen) atoms. The van der Waals surface area contributed by atoms with E-state index in [2.05, 4.69) is 4.98 Å². The van der Waals surface area contributed by atoms with Crippen LogP contribution in [-0.4, -0.2) is 21.1 Å². The number of hydrogen-bond acceptors (Lipinski definition) is 2. The first-order valence-corrected chi connectivity index (χ1v) is 7.60. The monoisotopic (exact) mass is 321 g/mol. The Bertz CT molecular complexity index is 1010. The van der Waals surface area contributed by atoms with Crippen molar-refractivity contribution in [3.05, 3.63) is 66.7 Å². The lowest BCUT2D eigenvalue weighted by molar-refractivity contribution is 0.415. The molecule has 0 bridgehead atoms. The van der Waals surface area contributed by atoms with Gasteiger partial charge in [-0.3, -0.25) is 4.40 Å². The van der Waals surface area contributed by atoms with Gasteiger partial charge in [0.1, 0.15) is 11.6 Å². The summed E-state index contributed by atoms with van der Waals surface area (Å²) in [6, 6.07) is 14.3. The number of methoxy groups -OCH3 is 1. The van der Waals surface area contributed by atoms with Crippen LogP contribution in [0.2, 0.25) is 0 Å². The first-order chi connectivity index (χ1) is 11.7. The lowest BCUT2D eigenvalue weighted by atomic mass is 10.1. The zero-order valence-corrected chi connectivity index (χ0v) is 13.4. The smallest absolute Gasteiger partial charge is 0.214 e. The van der Waals surface area contributed by atoms with E-state index >= 15 is 0 Å². The quantitative estimate of drug-likeness (QED) is 0.567. The number of fused-ring (bicyclic) bond motifs is 1. The van der Waals surface area contributed by atoms with Gasteiger partial charge >= 0.3 is 0 Å². The maximum absolute atomic E-state index is 13.1. The largest absolute Gasteiger partial charge is 0.497 e. The number of imidazole rings is 2. The topological polar surface area (TPSA) is 31.5 Å². The number of ether oxygens (including phenoxy) is 1. The standard InChI is InChI=1S/C19H16FN3O/c1-22-18(14-4-3-5-16(10-14)24-2)12-23-11-17(21-19(22)23)13-6-8-15(20)9-7-13/h3-12H,1-2H3. The number of rotatable bonds is 3. The highest BCUT2D eigenvalue weighted by atomic mass is 19.1. The molecule has 0 saturated heterocycles. The second kappa shape index (κ2) is 5.53. The van der Waals surface area contributed by atoms with Crippen molar-refractivity contribution in [3.8, 4) is 28.3 Å². The van der Waals surface area contributed by atoms with Gasteiger partial charge in [-0.1, -0.05) is 12.1 Å². The zero-order valence-electron chi connectivity index (χ0n) is 13.4. The van der Waals surface area contributed by atoms with Crippen molar-refractivity contribution in [2.75, 3.05) is 7.11 Å². The highest BCUT2D eigenvalue weighted by molar-refractivity contribution is 5.67. The van der Waals surface area contributed by atoms with Gasteiger partial charge in [0.25, 0.3) is 0 Å². The normalized spacial score (nSPS) is 11.1. The van der Waals surface area contributed by atoms with Crippen LogP contribution >= 0.6 is 0 Å². The molecular weight excluding hydrogens is 305 g/mol. The summed E-state index contributed by atoms with van der Waals surface area (Å²) >= 11 is 0. The minimum Gasteiger partial charge on any atom is -0.497 e. The molecule has 0 aliphatic carbocycles. The van der Waals surface area contributed by atoms with Crippen molar-refractivity contribution < 1.29 is 9.13 Å². The van der Waals surface area contributed by atoms with E-state index in [-0.39, 0.29) is 5.82 Å². The predicted molar refractivity (Wildman–Crippen MR) is 91.5 cm³/mol. The first-order valence-electron chi connectivity index (χ1n) is 7.60. The van der Waals surface area contributed by atoms with E-state index < -0.39 is 0 Å². The molecule has 0 unspecified atom stereocenters. The molecule has 2 heterocycles. The van der Waals surface area contributed by atoms with Gasteiger partial charge in [-0.2, -0.15) is 0 Å². The summed E-state index contributed by atoms with van der Waals surface area (Å²) in [6.45, 7) is 0. The van der Waals surface area contributed by atoms with Crippen LogP contribution < -0.4 is 4.74 Å². The van der Waals surface area contributed by atoms with Crippen molar-refractivity contribution in [2.45, 2.75) is 0 Å². The molecule has 0 radical (unpaired) electrons. The molecule has 0 fully saturated rings. The van der Waals surface area contributed by atoms with E-state index in [9.17, 15) is 4.39 Å². The Balaban J connectivity index is 1.79. The molecule has 0 atom stereocenters. The van der Waals surface area contributed by atoms with Crippen molar-refractivity contribution in [2.24, 2.45) is 7.05 Å². The van der Waals surface area contributed by atoms with Crippen LogP contribution in [0.15, 0.2) is 60.9 Å². The Labute approximate surface area is 138 Å². The molecule has 0 aliphatic rings. The van der Waals surface area contributed by atoms with Crippen LogP contribution in [0.25, 0.3) is 28.3 Å². The van der Waals surface area contributed by atoms with Crippen LogP contribution in [0.4, 0.5) is 4.39 Å². The predicted octanol–water partition coefficient (Wildman–Crippen LogP) is 4.15. The molecule has 0 spiro atoms. The van der Waals surface area contributed by atoms with Crippen molar-refractivity contribution in [1.29, 1.82) is 0 Å². The minimum absolute atomic E-state index is 0.247. The Morgan fingerprint density at radius 2 is 1.79 bits per heavy atom. The number of halogens is 1. The van der Waals surface area contributed by atoms with Crippen LogP contribution in [-0.2, 0) is 7.05 Å². The molecule has 2 aromatic carbocycles. The Kier molecular flexibility index (Phi) is 3.34. The summed E-state index contributed by atoms with van der Waals surface area (Å²) in [7, 11) is 3.64. The number of benzene rings is 2.